The highest BCUT2D eigenvalue weighted by molar-refractivity contribution is 6.32. The number of halogens is 4. The van der Waals surface area contributed by atoms with Gasteiger partial charge < -0.3 is 10.2 Å². The van der Waals surface area contributed by atoms with Gasteiger partial charge in [0.25, 0.3) is 0 Å². The van der Waals surface area contributed by atoms with Gasteiger partial charge in [0.15, 0.2) is 0 Å². The van der Waals surface area contributed by atoms with Crippen molar-refractivity contribution in [2.45, 2.75) is 12.6 Å². The molecule has 2 N–H and O–H groups in total. The zero-order chi connectivity index (χ0) is 12.5. The van der Waals surface area contributed by atoms with Gasteiger partial charge in [-0.25, -0.2) is 0 Å². The van der Waals surface area contributed by atoms with Crippen molar-refractivity contribution in [3.8, 4) is 5.75 Å². The molecule has 88 valence electrons. The molecule has 0 aliphatic carbocycles. The third-order valence-electron chi connectivity index (χ3n) is 1.82. The van der Waals surface area contributed by atoms with E-state index in [9.17, 15) is 18.0 Å². The molecule has 0 unspecified atom stereocenters. The second-order valence-electron chi connectivity index (χ2n) is 3.03. The van der Waals surface area contributed by atoms with Gasteiger partial charge in [-0.05, 0) is 17.7 Å². The number of carboxylic acids is 1. The molecule has 7 heteroatoms. The van der Waals surface area contributed by atoms with E-state index in [0.29, 0.717) is 6.07 Å². The second kappa shape index (κ2) is 4.21. The summed E-state index contributed by atoms with van der Waals surface area (Å²) in [6.07, 6.45) is -5.54. The normalized spacial score (nSPS) is 11.5. The third kappa shape index (κ3) is 2.79. The number of hydrogen-bond donors (Lipinski definition) is 2. The van der Waals surface area contributed by atoms with Crippen LogP contribution in [0.4, 0.5) is 13.2 Å². The number of phenols is 1. The fraction of sp³-hybridized carbons (Fsp3) is 0.222. The molecule has 0 saturated carbocycles. The summed E-state index contributed by atoms with van der Waals surface area (Å²) in [6.45, 7) is 0. The van der Waals surface area contributed by atoms with E-state index in [1.165, 1.54) is 0 Å². The number of carbonyl (C=O) groups is 1. The highest BCUT2D eigenvalue weighted by Gasteiger charge is 2.34. The molecular weight excluding hydrogens is 249 g/mol. The van der Waals surface area contributed by atoms with Crippen LogP contribution in [0.1, 0.15) is 11.1 Å². The predicted molar refractivity (Wildman–Crippen MR) is 49.5 cm³/mol. The van der Waals surface area contributed by atoms with E-state index in [2.05, 4.69) is 0 Å². The van der Waals surface area contributed by atoms with Gasteiger partial charge in [-0.3, -0.25) is 4.79 Å². The highest BCUT2D eigenvalue weighted by Crippen LogP contribution is 2.37. The van der Waals surface area contributed by atoms with Gasteiger partial charge in [0, 0.05) is 0 Å². The lowest BCUT2D eigenvalue weighted by Gasteiger charge is -2.12. The summed E-state index contributed by atoms with van der Waals surface area (Å²) in [5, 5.41) is 17.2. The van der Waals surface area contributed by atoms with Gasteiger partial charge >= 0.3 is 12.1 Å². The molecule has 1 rings (SSSR count). The van der Waals surface area contributed by atoms with Gasteiger partial charge in [0.2, 0.25) is 0 Å². The lowest BCUT2D eigenvalue weighted by atomic mass is 10.0. The van der Waals surface area contributed by atoms with Crippen LogP contribution >= 0.6 is 11.6 Å². The number of hydrogen-bond acceptors (Lipinski definition) is 2. The maximum Gasteiger partial charge on any atom is 0.416 e. The molecule has 0 fully saturated rings. The Morgan fingerprint density at radius 3 is 2.38 bits per heavy atom. The third-order valence-corrected chi connectivity index (χ3v) is 2.12. The highest BCUT2D eigenvalue weighted by atomic mass is 35.5. The zero-order valence-corrected chi connectivity index (χ0v) is 8.43. The first-order valence-electron chi connectivity index (χ1n) is 4.02. The van der Waals surface area contributed by atoms with Gasteiger partial charge in [0.05, 0.1) is 17.0 Å². The Kier molecular flexibility index (Phi) is 3.32. The minimum Gasteiger partial charge on any atom is -0.506 e. The average molecular weight is 255 g/mol. The summed E-state index contributed by atoms with van der Waals surface area (Å²) in [4.78, 5) is 10.4. The monoisotopic (exact) mass is 254 g/mol. The summed E-state index contributed by atoms with van der Waals surface area (Å²) in [6, 6.07) is 1.22. The molecular formula is C9H6ClF3O3. The molecule has 1 aromatic rings. The van der Waals surface area contributed by atoms with Crippen LogP contribution in [0.2, 0.25) is 5.02 Å². The summed E-state index contributed by atoms with van der Waals surface area (Å²) in [5.74, 6) is -2.14. The van der Waals surface area contributed by atoms with E-state index in [0.717, 1.165) is 6.07 Å². The molecule has 3 nitrogen and oxygen atoms in total. The maximum absolute atomic E-state index is 12.5. The number of phenolic OH excluding ortho intramolecular Hbond substituents is 1. The first-order chi connectivity index (χ1) is 7.21. The molecule has 16 heavy (non-hydrogen) atoms. The lowest BCUT2D eigenvalue weighted by molar-refractivity contribution is -0.139. The smallest absolute Gasteiger partial charge is 0.416 e. The molecule has 0 aliphatic rings. The number of benzene rings is 1. The largest absolute Gasteiger partial charge is 0.506 e. The number of aromatic hydroxyl groups is 1. The Bertz CT molecular complexity index is 429. The van der Waals surface area contributed by atoms with Crippen molar-refractivity contribution in [3.63, 3.8) is 0 Å². The van der Waals surface area contributed by atoms with Crippen LogP contribution in [0, 0.1) is 0 Å². The van der Waals surface area contributed by atoms with E-state index in [4.69, 9.17) is 21.8 Å². The van der Waals surface area contributed by atoms with Crippen molar-refractivity contribution < 1.29 is 28.2 Å². The van der Waals surface area contributed by atoms with Crippen LogP contribution in [0.5, 0.6) is 5.75 Å². The average Bonchev–Trinajstić information content (AvgIpc) is 2.08. The molecule has 0 aliphatic heterocycles. The fourth-order valence-corrected chi connectivity index (χ4v) is 1.36. The molecule has 0 heterocycles. The molecule has 0 aromatic heterocycles. The minimum atomic E-state index is -4.73. The van der Waals surface area contributed by atoms with Crippen molar-refractivity contribution in [1.29, 1.82) is 0 Å². The van der Waals surface area contributed by atoms with Crippen LogP contribution < -0.4 is 0 Å². The van der Waals surface area contributed by atoms with Crippen LogP contribution in [-0.2, 0) is 17.4 Å². The summed E-state index contributed by atoms with van der Waals surface area (Å²) in [7, 11) is 0. The van der Waals surface area contributed by atoms with E-state index in [1.54, 1.807) is 0 Å². The van der Waals surface area contributed by atoms with E-state index < -0.39 is 35.4 Å². The predicted octanol–water partition coefficient (Wildman–Crippen LogP) is 2.69. The lowest BCUT2D eigenvalue weighted by Crippen LogP contribution is -2.12. The van der Waals surface area contributed by atoms with Crippen molar-refractivity contribution >= 4 is 17.6 Å². The molecule has 0 atom stereocenters. The Labute approximate surface area is 93.1 Å². The number of alkyl halides is 3. The van der Waals surface area contributed by atoms with Crippen molar-refractivity contribution in [2.75, 3.05) is 0 Å². The van der Waals surface area contributed by atoms with Gasteiger partial charge in [-0.2, -0.15) is 13.2 Å². The number of carboxylic acid groups (broad SMARTS) is 1. The van der Waals surface area contributed by atoms with E-state index >= 15 is 0 Å². The van der Waals surface area contributed by atoms with Crippen molar-refractivity contribution in [1.82, 2.24) is 0 Å². The zero-order valence-electron chi connectivity index (χ0n) is 7.68. The van der Waals surface area contributed by atoms with Gasteiger partial charge in [-0.15, -0.1) is 0 Å². The fourth-order valence-electron chi connectivity index (χ4n) is 1.18. The standard InChI is InChI=1S/C9H6ClF3O3/c10-6-1-4(2-8(15)16)5(3-7(6)14)9(11,12)13/h1,3,14H,2H2,(H,15,16). The first-order valence-corrected chi connectivity index (χ1v) is 4.40. The molecule has 0 bridgehead atoms. The molecule has 0 amide bonds. The first kappa shape index (κ1) is 12.6. The maximum atomic E-state index is 12.5. The number of rotatable bonds is 2. The van der Waals surface area contributed by atoms with Crippen LogP contribution in [0.25, 0.3) is 0 Å². The quantitative estimate of drug-likeness (QED) is 0.853. The van der Waals surface area contributed by atoms with Crippen LogP contribution in [0.3, 0.4) is 0 Å². The van der Waals surface area contributed by atoms with Gasteiger partial charge in [-0.1, -0.05) is 11.6 Å². The van der Waals surface area contributed by atoms with Crippen LogP contribution in [0.15, 0.2) is 12.1 Å². The van der Waals surface area contributed by atoms with Crippen LogP contribution in [-0.4, -0.2) is 16.2 Å². The Morgan fingerprint density at radius 2 is 1.94 bits per heavy atom. The van der Waals surface area contributed by atoms with E-state index in [-0.39, 0.29) is 5.02 Å². The Hall–Kier alpha value is -1.43. The minimum absolute atomic E-state index is 0.316. The Balaban J connectivity index is 3.33. The molecule has 0 radical (unpaired) electrons. The van der Waals surface area contributed by atoms with E-state index in [1.807, 2.05) is 0 Å². The van der Waals surface area contributed by atoms with Crippen molar-refractivity contribution in [3.05, 3.63) is 28.3 Å². The Morgan fingerprint density at radius 1 is 1.38 bits per heavy atom. The number of aliphatic carboxylic acids is 1. The summed E-state index contributed by atoms with van der Waals surface area (Å²) in [5.41, 5.74) is -1.68. The topological polar surface area (TPSA) is 57.5 Å². The SMILES string of the molecule is O=C(O)Cc1cc(Cl)c(O)cc1C(F)(F)F. The second-order valence-corrected chi connectivity index (χ2v) is 3.44. The molecule has 0 saturated heterocycles. The van der Waals surface area contributed by atoms with Gasteiger partial charge in [0.1, 0.15) is 5.75 Å². The van der Waals surface area contributed by atoms with Crippen molar-refractivity contribution in [2.24, 2.45) is 0 Å². The summed E-state index contributed by atoms with van der Waals surface area (Å²) >= 11 is 5.41. The summed E-state index contributed by atoms with van der Waals surface area (Å²) < 4.78 is 37.4. The molecule has 0 spiro atoms. The molecule has 1 aromatic carbocycles.